The van der Waals surface area contributed by atoms with Gasteiger partial charge in [0.1, 0.15) is 0 Å². The number of hydrogen-bond acceptors (Lipinski definition) is 0. The number of rotatable bonds is 5. The molecule has 2 nitrogen and oxygen atoms in total. The second-order valence-electron chi connectivity index (χ2n) is 13.5. The van der Waals surface area contributed by atoms with Gasteiger partial charge >= 0.3 is 0 Å². The van der Waals surface area contributed by atoms with Gasteiger partial charge in [-0.1, -0.05) is 127 Å². The zero-order valence-corrected chi connectivity index (χ0v) is 28.3. The molecule has 0 bridgehead atoms. The molecule has 0 aliphatic rings. The fraction of sp³-hybridized carbons (Fsp3) is 0.0204. The van der Waals surface area contributed by atoms with Crippen molar-refractivity contribution in [2.24, 2.45) is 0 Å². The molecule has 2 heteroatoms. The van der Waals surface area contributed by atoms with Crippen LogP contribution in [-0.2, 0) is 0 Å². The highest BCUT2D eigenvalue weighted by atomic mass is 15.0. The zero-order chi connectivity index (χ0) is 33.9. The van der Waals surface area contributed by atoms with Crippen LogP contribution in [0.25, 0.3) is 88.4 Å². The molecule has 0 atom stereocenters. The van der Waals surface area contributed by atoms with E-state index in [9.17, 15) is 0 Å². The number of benzene rings is 8. The summed E-state index contributed by atoms with van der Waals surface area (Å²) in [6.45, 7) is 2.14. The number of aromatic nitrogens is 2. The van der Waals surface area contributed by atoms with E-state index in [4.69, 9.17) is 0 Å². The molecule has 10 aromatic rings. The van der Waals surface area contributed by atoms with E-state index < -0.39 is 0 Å². The Hall–Kier alpha value is -6.64. The van der Waals surface area contributed by atoms with E-state index in [-0.39, 0.29) is 0 Å². The highest BCUT2D eigenvalue weighted by Crippen LogP contribution is 2.39. The van der Waals surface area contributed by atoms with E-state index in [1.54, 1.807) is 0 Å². The zero-order valence-electron chi connectivity index (χ0n) is 28.3. The van der Waals surface area contributed by atoms with Gasteiger partial charge in [-0.3, -0.25) is 0 Å². The molecule has 8 aromatic carbocycles. The normalized spacial score (nSPS) is 11.6. The monoisotopic (exact) mass is 650 g/mol. The Morgan fingerprint density at radius 2 is 0.647 bits per heavy atom. The minimum Gasteiger partial charge on any atom is -0.309 e. The Kier molecular flexibility index (Phi) is 6.75. The van der Waals surface area contributed by atoms with Gasteiger partial charge < -0.3 is 9.13 Å². The number of nitrogens with zero attached hydrogens (tertiary/aromatic N) is 2. The summed E-state index contributed by atoms with van der Waals surface area (Å²) in [7, 11) is 0. The summed E-state index contributed by atoms with van der Waals surface area (Å²) in [5.74, 6) is 0. The average molecular weight is 651 g/mol. The molecular weight excluding hydrogens is 617 g/mol. The fourth-order valence-corrected chi connectivity index (χ4v) is 7.85. The molecule has 51 heavy (non-hydrogen) atoms. The van der Waals surface area contributed by atoms with Crippen LogP contribution in [0.2, 0.25) is 0 Å². The van der Waals surface area contributed by atoms with E-state index in [1.807, 2.05) is 0 Å². The Balaban J connectivity index is 1.17. The lowest BCUT2D eigenvalue weighted by atomic mass is 9.99. The minimum absolute atomic E-state index is 1.15. The molecule has 0 saturated carbocycles. The van der Waals surface area contributed by atoms with Crippen molar-refractivity contribution in [1.82, 2.24) is 9.13 Å². The minimum atomic E-state index is 1.15. The van der Waals surface area contributed by atoms with Crippen molar-refractivity contribution in [2.45, 2.75) is 6.92 Å². The van der Waals surface area contributed by atoms with Crippen LogP contribution < -0.4 is 0 Å². The Bertz CT molecular complexity index is 2870. The first-order valence-electron chi connectivity index (χ1n) is 17.6. The summed E-state index contributed by atoms with van der Waals surface area (Å²) in [4.78, 5) is 0. The quantitative estimate of drug-likeness (QED) is 0.175. The standard InChI is InChI=1S/C49H34N2/c1-33-16-18-36(19-17-33)37-22-27-48-44(30-37)45-32-39(24-29-49(45)51(48)41-25-20-35(21-26-41)34-10-4-2-5-11-34)38-23-28-47-43(31-38)42-14-8-9-15-46(42)50(47)40-12-6-3-7-13-40/h2-32H,1H3. The summed E-state index contributed by atoms with van der Waals surface area (Å²) in [5, 5.41) is 5.02. The molecule has 0 aliphatic heterocycles. The van der Waals surface area contributed by atoms with Gasteiger partial charge in [-0.25, -0.2) is 0 Å². The molecule has 2 aromatic heterocycles. The van der Waals surface area contributed by atoms with Crippen molar-refractivity contribution in [2.75, 3.05) is 0 Å². The van der Waals surface area contributed by atoms with Crippen molar-refractivity contribution in [3.63, 3.8) is 0 Å². The maximum absolute atomic E-state index is 2.42. The maximum Gasteiger partial charge on any atom is 0.0541 e. The molecular formula is C49H34N2. The number of hydrogen-bond donors (Lipinski definition) is 0. The SMILES string of the molecule is Cc1ccc(-c2ccc3c(c2)c2cc(-c4ccc5c(c4)c4ccccc4n5-c4ccccc4)ccc2n3-c2ccc(-c3ccccc3)cc2)cc1. The summed E-state index contributed by atoms with van der Waals surface area (Å²) in [6.07, 6.45) is 0. The third-order valence-corrected chi connectivity index (χ3v) is 10.4. The van der Waals surface area contributed by atoms with Crippen molar-refractivity contribution in [3.8, 4) is 44.8 Å². The predicted molar refractivity (Wildman–Crippen MR) is 216 cm³/mol. The first kappa shape index (κ1) is 29.3. The lowest BCUT2D eigenvalue weighted by Gasteiger charge is -2.10. The number of aryl methyl sites for hydroxylation is 1. The van der Waals surface area contributed by atoms with Gasteiger partial charge in [0.15, 0.2) is 0 Å². The maximum atomic E-state index is 2.42. The average Bonchev–Trinajstić information content (AvgIpc) is 3.71. The van der Waals surface area contributed by atoms with Crippen LogP contribution in [0.3, 0.4) is 0 Å². The largest absolute Gasteiger partial charge is 0.309 e. The third kappa shape index (κ3) is 4.87. The Morgan fingerprint density at radius 3 is 1.24 bits per heavy atom. The highest BCUT2D eigenvalue weighted by molar-refractivity contribution is 6.13. The molecule has 0 spiro atoms. The number of para-hydroxylation sites is 2. The predicted octanol–water partition coefficient (Wildman–Crippen LogP) is 13.2. The smallest absolute Gasteiger partial charge is 0.0541 e. The number of fused-ring (bicyclic) bond motifs is 6. The summed E-state index contributed by atoms with van der Waals surface area (Å²) < 4.78 is 4.79. The molecule has 10 rings (SSSR count). The van der Waals surface area contributed by atoms with Crippen LogP contribution in [0.15, 0.2) is 188 Å². The van der Waals surface area contributed by atoms with E-state index in [1.165, 1.54) is 88.2 Å². The van der Waals surface area contributed by atoms with E-state index in [0.29, 0.717) is 0 Å². The van der Waals surface area contributed by atoms with Crippen molar-refractivity contribution < 1.29 is 0 Å². The molecule has 0 saturated heterocycles. The van der Waals surface area contributed by atoms with Gasteiger partial charge in [-0.2, -0.15) is 0 Å². The Morgan fingerprint density at radius 1 is 0.275 bits per heavy atom. The molecule has 2 heterocycles. The molecule has 0 unspecified atom stereocenters. The van der Waals surface area contributed by atoms with Crippen LogP contribution in [0.5, 0.6) is 0 Å². The van der Waals surface area contributed by atoms with Crippen LogP contribution in [0, 0.1) is 6.92 Å². The Labute approximate surface area is 297 Å². The lowest BCUT2D eigenvalue weighted by molar-refractivity contribution is 1.18. The second-order valence-corrected chi connectivity index (χ2v) is 13.5. The topological polar surface area (TPSA) is 9.86 Å². The van der Waals surface area contributed by atoms with Crippen LogP contribution >= 0.6 is 0 Å². The molecule has 0 N–H and O–H groups in total. The summed E-state index contributed by atoms with van der Waals surface area (Å²) in [6, 6.07) is 68.6. The van der Waals surface area contributed by atoms with Crippen molar-refractivity contribution in [3.05, 3.63) is 194 Å². The second kappa shape index (κ2) is 11.8. The van der Waals surface area contributed by atoms with Crippen LogP contribution in [0.4, 0.5) is 0 Å². The van der Waals surface area contributed by atoms with Crippen molar-refractivity contribution in [1.29, 1.82) is 0 Å². The van der Waals surface area contributed by atoms with Crippen LogP contribution in [-0.4, -0.2) is 9.13 Å². The molecule has 0 fully saturated rings. The third-order valence-electron chi connectivity index (χ3n) is 10.4. The van der Waals surface area contributed by atoms with E-state index in [0.717, 1.165) is 5.69 Å². The van der Waals surface area contributed by atoms with Gasteiger partial charge in [0, 0.05) is 32.9 Å². The van der Waals surface area contributed by atoms with Gasteiger partial charge in [0.25, 0.3) is 0 Å². The fourth-order valence-electron chi connectivity index (χ4n) is 7.85. The van der Waals surface area contributed by atoms with Gasteiger partial charge in [0.05, 0.1) is 22.1 Å². The van der Waals surface area contributed by atoms with E-state index in [2.05, 4.69) is 204 Å². The van der Waals surface area contributed by atoms with Gasteiger partial charge in [-0.15, -0.1) is 0 Å². The lowest BCUT2D eigenvalue weighted by Crippen LogP contribution is -1.94. The van der Waals surface area contributed by atoms with Gasteiger partial charge in [-0.05, 0) is 107 Å². The molecule has 0 aliphatic carbocycles. The summed E-state index contributed by atoms with van der Waals surface area (Å²) >= 11 is 0. The van der Waals surface area contributed by atoms with Crippen molar-refractivity contribution >= 4 is 43.6 Å². The molecule has 0 radical (unpaired) electrons. The van der Waals surface area contributed by atoms with Crippen LogP contribution in [0.1, 0.15) is 5.56 Å². The highest BCUT2D eigenvalue weighted by Gasteiger charge is 2.17. The first-order chi connectivity index (χ1) is 25.2. The summed E-state index contributed by atoms with van der Waals surface area (Å²) in [5.41, 5.74) is 15.7. The first-order valence-corrected chi connectivity index (χ1v) is 17.6. The molecule has 240 valence electrons. The van der Waals surface area contributed by atoms with Gasteiger partial charge in [0.2, 0.25) is 0 Å². The van der Waals surface area contributed by atoms with E-state index >= 15 is 0 Å². The molecule has 0 amide bonds.